The van der Waals surface area contributed by atoms with E-state index in [4.69, 9.17) is 16.6 Å². The number of hydrogen-bond acceptors (Lipinski definition) is 6. The molecular formula is C24H30ClF3N8. The van der Waals surface area contributed by atoms with Gasteiger partial charge in [0.2, 0.25) is 5.95 Å². The standard InChI is InChI=1S/C24H30ClF3N8/c1-35-21(8-15-2-3-15)19(11-32-35)22-20(25)12-29-23(34-22)33-17-4-6-18(7-5-17)36(14-24(26,27)28)13-16-9-30-31-10-16/h9-12,15,17-18H,2-8,13-14H2,1H3,(H,30,31)(H,29,33,34). The molecule has 8 nitrogen and oxygen atoms in total. The maximum Gasteiger partial charge on any atom is 0.401 e. The molecule has 3 aromatic heterocycles. The number of anilines is 1. The molecule has 0 spiro atoms. The number of rotatable bonds is 9. The highest BCUT2D eigenvalue weighted by Gasteiger charge is 2.35. The van der Waals surface area contributed by atoms with E-state index in [2.05, 4.69) is 25.6 Å². The Balaban J connectivity index is 1.24. The summed E-state index contributed by atoms with van der Waals surface area (Å²) < 4.78 is 41.7. The Morgan fingerprint density at radius 3 is 2.58 bits per heavy atom. The topological polar surface area (TPSA) is 87.5 Å². The van der Waals surface area contributed by atoms with Crippen molar-refractivity contribution in [3.8, 4) is 11.3 Å². The molecule has 194 valence electrons. The summed E-state index contributed by atoms with van der Waals surface area (Å²) in [5.74, 6) is 1.17. The Morgan fingerprint density at radius 2 is 1.92 bits per heavy atom. The second kappa shape index (κ2) is 10.4. The molecule has 3 heterocycles. The van der Waals surface area contributed by atoms with Gasteiger partial charge in [0.25, 0.3) is 0 Å². The van der Waals surface area contributed by atoms with Crippen LogP contribution in [0.4, 0.5) is 19.1 Å². The number of alkyl halides is 3. The first-order valence-corrected chi connectivity index (χ1v) is 12.7. The first-order valence-electron chi connectivity index (χ1n) is 12.3. The third-order valence-corrected chi connectivity index (χ3v) is 7.39. The van der Waals surface area contributed by atoms with E-state index in [-0.39, 0.29) is 18.6 Å². The van der Waals surface area contributed by atoms with Crippen molar-refractivity contribution >= 4 is 17.5 Å². The predicted octanol–water partition coefficient (Wildman–Crippen LogP) is 4.99. The fourth-order valence-electron chi connectivity index (χ4n) is 5.03. The highest BCUT2D eigenvalue weighted by Crippen LogP contribution is 2.37. The van der Waals surface area contributed by atoms with Crippen LogP contribution in [0.5, 0.6) is 0 Å². The number of aromatic amines is 1. The molecule has 0 atom stereocenters. The van der Waals surface area contributed by atoms with E-state index in [0.717, 1.165) is 36.1 Å². The summed E-state index contributed by atoms with van der Waals surface area (Å²) >= 11 is 6.48. The van der Waals surface area contributed by atoms with Crippen LogP contribution < -0.4 is 5.32 Å². The summed E-state index contributed by atoms with van der Waals surface area (Å²) in [7, 11) is 1.93. The lowest BCUT2D eigenvalue weighted by Crippen LogP contribution is -2.44. The normalized spacial score (nSPS) is 20.7. The van der Waals surface area contributed by atoms with Crippen LogP contribution in [0.25, 0.3) is 11.3 Å². The van der Waals surface area contributed by atoms with Gasteiger partial charge in [-0.3, -0.25) is 14.7 Å². The number of nitrogens with zero attached hydrogens (tertiary/aromatic N) is 6. The van der Waals surface area contributed by atoms with Gasteiger partial charge in [0, 0.05) is 48.7 Å². The third-order valence-electron chi connectivity index (χ3n) is 7.11. The van der Waals surface area contributed by atoms with Crippen LogP contribution in [0.1, 0.15) is 49.8 Å². The van der Waals surface area contributed by atoms with Crippen LogP contribution in [-0.2, 0) is 20.0 Å². The number of aromatic nitrogens is 6. The van der Waals surface area contributed by atoms with Crippen molar-refractivity contribution in [2.75, 3.05) is 11.9 Å². The Kier molecular flexibility index (Phi) is 7.21. The van der Waals surface area contributed by atoms with Crippen molar-refractivity contribution in [1.29, 1.82) is 0 Å². The van der Waals surface area contributed by atoms with Gasteiger partial charge in [-0.2, -0.15) is 23.4 Å². The second-order valence-electron chi connectivity index (χ2n) is 9.94. The Morgan fingerprint density at radius 1 is 1.14 bits per heavy atom. The number of H-pyrrole nitrogens is 1. The zero-order valence-electron chi connectivity index (χ0n) is 20.1. The van der Waals surface area contributed by atoms with Crippen LogP contribution in [0, 0.1) is 5.92 Å². The summed E-state index contributed by atoms with van der Waals surface area (Å²) in [4.78, 5) is 10.6. The molecule has 3 aromatic rings. The molecule has 12 heteroatoms. The van der Waals surface area contributed by atoms with Crippen molar-refractivity contribution in [1.82, 2.24) is 34.8 Å². The summed E-state index contributed by atoms with van der Waals surface area (Å²) in [5, 5.41) is 14.8. The van der Waals surface area contributed by atoms with Gasteiger partial charge in [0.15, 0.2) is 0 Å². The Hall–Kier alpha value is -2.66. The molecule has 0 radical (unpaired) electrons. The molecule has 0 unspecified atom stereocenters. The van der Waals surface area contributed by atoms with E-state index >= 15 is 0 Å². The van der Waals surface area contributed by atoms with Gasteiger partial charge >= 0.3 is 6.18 Å². The molecule has 36 heavy (non-hydrogen) atoms. The molecule has 2 aliphatic carbocycles. The minimum absolute atomic E-state index is 0.0803. The quantitative estimate of drug-likeness (QED) is 0.411. The number of halogens is 4. The summed E-state index contributed by atoms with van der Waals surface area (Å²) in [6.45, 7) is -0.713. The van der Waals surface area contributed by atoms with Crippen LogP contribution in [-0.4, -0.2) is 59.7 Å². The zero-order chi connectivity index (χ0) is 25.3. The average Bonchev–Trinajstić information content (AvgIpc) is 3.37. The van der Waals surface area contributed by atoms with Gasteiger partial charge in [-0.05, 0) is 50.9 Å². The third kappa shape index (κ3) is 6.18. The Bertz CT molecular complexity index is 1150. The van der Waals surface area contributed by atoms with Crippen LogP contribution in [0.3, 0.4) is 0 Å². The van der Waals surface area contributed by atoms with Crippen molar-refractivity contribution in [3.63, 3.8) is 0 Å². The zero-order valence-corrected chi connectivity index (χ0v) is 20.9. The van der Waals surface area contributed by atoms with Gasteiger partial charge in [-0.1, -0.05) is 11.6 Å². The molecular weight excluding hydrogens is 493 g/mol. The molecule has 2 N–H and O–H groups in total. The van der Waals surface area contributed by atoms with E-state index in [1.54, 1.807) is 24.8 Å². The second-order valence-corrected chi connectivity index (χ2v) is 10.3. The van der Waals surface area contributed by atoms with E-state index in [1.165, 1.54) is 17.7 Å². The van der Waals surface area contributed by atoms with Crippen molar-refractivity contribution < 1.29 is 13.2 Å². The lowest BCUT2D eigenvalue weighted by molar-refractivity contribution is -0.153. The number of aryl methyl sites for hydroxylation is 1. The van der Waals surface area contributed by atoms with E-state index in [1.807, 2.05) is 11.7 Å². The maximum atomic E-state index is 13.3. The molecule has 5 rings (SSSR count). The first kappa shape index (κ1) is 25.0. The highest BCUT2D eigenvalue weighted by atomic mass is 35.5. The average molecular weight is 523 g/mol. The predicted molar refractivity (Wildman–Crippen MR) is 130 cm³/mol. The molecule has 2 aliphatic rings. The van der Waals surface area contributed by atoms with Gasteiger partial charge in [-0.25, -0.2) is 9.97 Å². The SMILES string of the molecule is Cn1ncc(-c2nc(NC3CCC(N(Cc4cn[nH]c4)CC(F)(F)F)CC3)ncc2Cl)c1CC1CC1. The number of nitrogens with one attached hydrogen (secondary N) is 2. The molecule has 0 amide bonds. The number of hydrogen-bond donors (Lipinski definition) is 2. The van der Waals surface area contributed by atoms with Gasteiger partial charge in [0.05, 0.1) is 35.9 Å². The smallest absolute Gasteiger partial charge is 0.351 e. The van der Waals surface area contributed by atoms with Crippen molar-refractivity contribution in [2.45, 2.75) is 69.8 Å². The minimum Gasteiger partial charge on any atom is -0.351 e. The van der Waals surface area contributed by atoms with Crippen LogP contribution in [0.15, 0.2) is 24.8 Å². The minimum atomic E-state index is -4.25. The highest BCUT2D eigenvalue weighted by molar-refractivity contribution is 6.32. The van der Waals surface area contributed by atoms with Crippen molar-refractivity contribution in [3.05, 3.63) is 41.1 Å². The van der Waals surface area contributed by atoms with Crippen LogP contribution in [0.2, 0.25) is 5.02 Å². The summed E-state index contributed by atoms with van der Waals surface area (Å²) in [6, 6.07) is -0.0709. The van der Waals surface area contributed by atoms with E-state index in [0.29, 0.717) is 35.4 Å². The lowest BCUT2D eigenvalue weighted by Gasteiger charge is -2.37. The summed E-state index contributed by atoms with van der Waals surface area (Å²) in [6.07, 6.45) is 8.55. The van der Waals surface area contributed by atoms with Crippen LogP contribution >= 0.6 is 11.6 Å². The molecule has 0 aliphatic heterocycles. The molecule has 0 saturated heterocycles. The molecule has 2 saturated carbocycles. The van der Waals surface area contributed by atoms with Gasteiger partial charge < -0.3 is 5.32 Å². The molecule has 0 bridgehead atoms. The van der Waals surface area contributed by atoms with E-state index < -0.39 is 12.7 Å². The summed E-state index contributed by atoms with van der Waals surface area (Å²) in [5.41, 5.74) is 3.44. The van der Waals surface area contributed by atoms with Gasteiger partial charge in [-0.15, -0.1) is 0 Å². The van der Waals surface area contributed by atoms with E-state index in [9.17, 15) is 13.2 Å². The monoisotopic (exact) mass is 522 g/mol. The molecule has 0 aromatic carbocycles. The lowest BCUT2D eigenvalue weighted by atomic mass is 9.90. The largest absolute Gasteiger partial charge is 0.401 e. The Labute approximate surface area is 212 Å². The van der Waals surface area contributed by atoms with Gasteiger partial charge in [0.1, 0.15) is 0 Å². The fraction of sp³-hybridized carbons (Fsp3) is 0.583. The molecule has 2 fully saturated rings. The first-order chi connectivity index (χ1) is 17.2. The fourth-order valence-corrected chi connectivity index (χ4v) is 5.23. The van der Waals surface area contributed by atoms with Crippen molar-refractivity contribution in [2.24, 2.45) is 13.0 Å². The maximum absolute atomic E-state index is 13.3.